The third-order valence-corrected chi connectivity index (χ3v) is 5.12. The fraction of sp³-hybridized carbons (Fsp3) is 0.462. The van der Waals surface area contributed by atoms with E-state index >= 15 is 0 Å². The first-order valence-corrected chi connectivity index (χ1v) is 8.11. The third-order valence-electron chi connectivity index (χ3n) is 3.21. The molecule has 3 N–H and O–H groups in total. The topological polar surface area (TPSA) is 102 Å². The Labute approximate surface area is 124 Å². The Kier molecular flexibility index (Phi) is 5.29. The Morgan fingerprint density at radius 2 is 1.86 bits per heavy atom. The van der Waals surface area contributed by atoms with Gasteiger partial charge in [-0.3, -0.25) is 4.79 Å². The average Bonchev–Trinajstić information content (AvgIpc) is 2.53. The second-order valence-electron chi connectivity index (χ2n) is 4.64. The maximum atomic E-state index is 12.4. The number of hydrogen-bond donors (Lipinski definition) is 2. The first-order chi connectivity index (χ1) is 10.0. The van der Waals surface area contributed by atoms with Crippen LogP contribution in [0.1, 0.15) is 5.56 Å². The molecule has 1 aliphatic rings. The van der Waals surface area contributed by atoms with E-state index in [0.717, 1.165) is 5.56 Å². The summed E-state index contributed by atoms with van der Waals surface area (Å²) in [6, 6.07) is 6.47. The number of carbonyl (C=O) groups excluding carboxylic acids is 1. The number of amides is 1. The first kappa shape index (κ1) is 15.9. The molecule has 21 heavy (non-hydrogen) atoms. The van der Waals surface area contributed by atoms with Crippen LogP contribution in [0.5, 0.6) is 0 Å². The number of benzene rings is 1. The predicted molar refractivity (Wildman–Crippen MR) is 76.9 cm³/mol. The van der Waals surface area contributed by atoms with Crippen LogP contribution in [0.4, 0.5) is 0 Å². The van der Waals surface area contributed by atoms with Crippen molar-refractivity contribution in [3.63, 3.8) is 0 Å². The SMILES string of the molecule is NCC(=O)NCc1ccc(S(=O)(=O)N2CCOCC2)cc1. The van der Waals surface area contributed by atoms with E-state index in [1.165, 1.54) is 4.31 Å². The number of carbonyl (C=O) groups is 1. The molecule has 1 saturated heterocycles. The molecule has 1 aliphatic heterocycles. The molecule has 1 amide bonds. The van der Waals surface area contributed by atoms with Crippen LogP contribution in [0.3, 0.4) is 0 Å². The third kappa shape index (κ3) is 4.01. The fourth-order valence-electron chi connectivity index (χ4n) is 1.99. The van der Waals surface area contributed by atoms with Gasteiger partial charge in [0.05, 0.1) is 24.7 Å². The van der Waals surface area contributed by atoms with Crippen molar-refractivity contribution in [1.29, 1.82) is 0 Å². The number of nitrogens with zero attached hydrogens (tertiary/aromatic N) is 1. The summed E-state index contributed by atoms with van der Waals surface area (Å²) in [6.07, 6.45) is 0. The largest absolute Gasteiger partial charge is 0.379 e. The van der Waals surface area contributed by atoms with Gasteiger partial charge in [-0.05, 0) is 17.7 Å². The van der Waals surface area contributed by atoms with Gasteiger partial charge in [-0.25, -0.2) is 8.42 Å². The highest BCUT2D eigenvalue weighted by Gasteiger charge is 2.25. The van der Waals surface area contributed by atoms with Crippen LogP contribution in [0.2, 0.25) is 0 Å². The molecular weight excluding hydrogens is 294 g/mol. The lowest BCUT2D eigenvalue weighted by Gasteiger charge is -2.26. The molecule has 0 aromatic heterocycles. The van der Waals surface area contributed by atoms with Gasteiger partial charge in [0.15, 0.2) is 0 Å². The van der Waals surface area contributed by atoms with Gasteiger partial charge in [0, 0.05) is 19.6 Å². The van der Waals surface area contributed by atoms with E-state index in [-0.39, 0.29) is 17.3 Å². The molecule has 1 fully saturated rings. The molecule has 116 valence electrons. The molecule has 2 rings (SSSR count). The number of hydrogen-bond acceptors (Lipinski definition) is 5. The van der Waals surface area contributed by atoms with Gasteiger partial charge in [-0.2, -0.15) is 4.31 Å². The molecule has 0 bridgehead atoms. The Morgan fingerprint density at radius 1 is 1.24 bits per heavy atom. The van der Waals surface area contributed by atoms with E-state index in [2.05, 4.69) is 5.32 Å². The highest BCUT2D eigenvalue weighted by Crippen LogP contribution is 2.17. The van der Waals surface area contributed by atoms with Crippen LogP contribution in [-0.4, -0.2) is 51.5 Å². The monoisotopic (exact) mass is 313 g/mol. The zero-order valence-corrected chi connectivity index (χ0v) is 12.4. The molecule has 0 radical (unpaired) electrons. The van der Waals surface area contributed by atoms with Crippen molar-refractivity contribution in [2.75, 3.05) is 32.8 Å². The molecule has 1 aromatic carbocycles. The minimum Gasteiger partial charge on any atom is -0.379 e. The minimum absolute atomic E-state index is 0.0660. The Morgan fingerprint density at radius 3 is 2.43 bits per heavy atom. The van der Waals surface area contributed by atoms with E-state index < -0.39 is 10.0 Å². The zero-order valence-electron chi connectivity index (χ0n) is 11.6. The number of sulfonamides is 1. The number of nitrogens with one attached hydrogen (secondary N) is 1. The number of ether oxygens (including phenoxy) is 1. The maximum absolute atomic E-state index is 12.4. The maximum Gasteiger partial charge on any atom is 0.243 e. The van der Waals surface area contributed by atoms with Crippen molar-refractivity contribution >= 4 is 15.9 Å². The second-order valence-corrected chi connectivity index (χ2v) is 6.58. The van der Waals surface area contributed by atoms with Crippen LogP contribution in [-0.2, 0) is 26.1 Å². The predicted octanol–water partition coefficient (Wildman–Crippen LogP) is -0.718. The van der Waals surface area contributed by atoms with E-state index in [9.17, 15) is 13.2 Å². The van der Waals surface area contributed by atoms with Gasteiger partial charge in [0.2, 0.25) is 15.9 Å². The van der Waals surface area contributed by atoms with E-state index in [1.54, 1.807) is 24.3 Å². The van der Waals surface area contributed by atoms with E-state index in [4.69, 9.17) is 10.5 Å². The quantitative estimate of drug-likeness (QED) is 0.747. The van der Waals surface area contributed by atoms with Crippen molar-refractivity contribution in [2.45, 2.75) is 11.4 Å². The van der Waals surface area contributed by atoms with Crippen molar-refractivity contribution in [3.8, 4) is 0 Å². The summed E-state index contributed by atoms with van der Waals surface area (Å²) in [5, 5.41) is 2.63. The number of morpholine rings is 1. The molecule has 0 saturated carbocycles. The van der Waals surface area contributed by atoms with Gasteiger partial charge in [0.25, 0.3) is 0 Å². The zero-order chi connectivity index (χ0) is 15.3. The van der Waals surface area contributed by atoms with Gasteiger partial charge in [0.1, 0.15) is 0 Å². The standard InChI is InChI=1S/C13H19N3O4S/c14-9-13(17)15-10-11-1-3-12(4-2-11)21(18,19)16-5-7-20-8-6-16/h1-4H,5-10,14H2,(H,15,17). The summed E-state index contributed by atoms with van der Waals surface area (Å²) in [5.41, 5.74) is 6.01. The van der Waals surface area contributed by atoms with Crippen LogP contribution in [0, 0.1) is 0 Å². The molecule has 8 heteroatoms. The lowest BCUT2D eigenvalue weighted by atomic mass is 10.2. The van der Waals surface area contributed by atoms with E-state index in [0.29, 0.717) is 32.8 Å². The first-order valence-electron chi connectivity index (χ1n) is 6.67. The van der Waals surface area contributed by atoms with E-state index in [1.807, 2.05) is 0 Å². The van der Waals surface area contributed by atoms with Crippen LogP contribution in [0.15, 0.2) is 29.2 Å². The van der Waals surface area contributed by atoms with Crippen molar-refractivity contribution in [2.24, 2.45) is 5.73 Å². The summed E-state index contributed by atoms with van der Waals surface area (Å²) < 4.78 is 31.4. The van der Waals surface area contributed by atoms with Gasteiger partial charge in [-0.1, -0.05) is 12.1 Å². The van der Waals surface area contributed by atoms with Crippen LogP contribution in [0.25, 0.3) is 0 Å². The molecule has 1 aromatic rings. The van der Waals surface area contributed by atoms with Crippen molar-refractivity contribution in [3.05, 3.63) is 29.8 Å². The lowest BCUT2D eigenvalue weighted by molar-refractivity contribution is -0.119. The molecule has 0 atom stereocenters. The normalized spacial score (nSPS) is 16.6. The molecule has 1 heterocycles. The number of nitrogens with two attached hydrogens (primary N) is 1. The minimum atomic E-state index is -3.47. The van der Waals surface area contributed by atoms with Crippen molar-refractivity contribution in [1.82, 2.24) is 9.62 Å². The van der Waals surface area contributed by atoms with Crippen LogP contribution < -0.4 is 11.1 Å². The Balaban J connectivity index is 2.05. The Hall–Kier alpha value is -1.48. The van der Waals surface area contributed by atoms with Gasteiger partial charge >= 0.3 is 0 Å². The average molecular weight is 313 g/mol. The Bertz CT molecular complexity index is 580. The smallest absolute Gasteiger partial charge is 0.243 e. The van der Waals surface area contributed by atoms with Crippen LogP contribution >= 0.6 is 0 Å². The molecule has 7 nitrogen and oxygen atoms in total. The van der Waals surface area contributed by atoms with Crippen molar-refractivity contribution < 1.29 is 17.9 Å². The summed E-state index contributed by atoms with van der Waals surface area (Å²) in [4.78, 5) is 11.3. The number of rotatable bonds is 5. The lowest BCUT2D eigenvalue weighted by Crippen LogP contribution is -2.40. The highest BCUT2D eigenvalue weighted by molar-refractivity contribution is 7.89. The summed E-state index contributed by atoms with van der Waals surface area (Å²) in [7, 11) is -3.47. The second kappa shape index (κ2) is 6.99. The molecule has 0 aliphatic carbocycles. The summed E-state index contributed by atoms with van der Waals surface area (Å²) in [5.74, 6) is -0.250. The fourth-order valence-corrected chi connectivity index (χ4v) is 3.40. The van der Waals surface area contributed by atoms with Gasteiger partial charge < -0.3 is 15.8 Å². The summed E-state index contributed by atoms with van der Waals surface area (Å²) >= 11 is 0. The molecule has 0 spiro atoms. The summed E-state index contributed by atoms with van der Waals surface area (Å²) in [6.45, 7) is 1.84. The molecule has 0 unspecified atom stereocenters. The highest BCUT2D eigenvalue weighted by atomic mass is 32.2. The molecular formula is C13H19N3O4S. The van der Waals surface area contributed by atoms with Gasteiger partial charge in [-0.15, -0.1) is 0 Å².